The Labute approximate surface area is 93.3 Å². The maximum Gasteiger partial charge on any atom is 0.175 e. The van der Waals surface area contributed by atoms with Crippen LogP contribution in [-0.4, -0.2) is 12.2 Å². The maximum atomic E-state index is 9.74. The van der Waals surface area contributed by atoms with Crippen LogP contribution in [0.2, 0.25) is 0 Å². The van der Waals surface area contributed by atoms with Crippen molar-refractivity contribution in [2.24, 2.45) is 0 Å². The van der Waals surface area contributed by atoms with Gasteiger partial charge in [0.25, 0.3) is 0 Å². The first-order valence-electron chi connectivity index (χ1n) is 3.66. The predicted molar refractivity (Wildman–Crippen MR) is 62.8 cm³/mol. The molecular formula is C9H7IO2S. The number of rotatable bonds is 1. The molecule has 0 aliphatic heterocycles. The van der Waals surface area contributed by atoms with E-state index in [0.29, 0.717) is 5.75 Å². The van der Waals surface area contributed by atoms with Crippen LogP contribution in [0.15, 0.2) is 17.5 Å². The van der Waals surface area contributed by atoms with Gasteiger partial charge in [-0.1, -0.05) is 0 Å². The Kier molecular flexibility index (Phi) is 2.33. The number of benzene rings is 1. The smallest absolute Gasteiger partial charge is 0.175 e. The van der Waals surface area contributed by atoms with E-state index in [9.17, 15) is 5.11 Å². The molecule has 0 fully saturated rings. The van der Waals surface area contributed by atoms with Crippen molar-refractivity contribution in [2.75, 3.05) is 7.11 Å². The minimum Gasteiger partial charge on any atom is -0.503 e. The van der Waals surface area contributed by atoms with Gasteiger partial charge in [-0.05, 0) is 40.1 Å². The fourth-order valence-corrected chi connectivity index (χ4v) is 2.98. The molecule has 0 amide bonds. The molecule has 1 aromatic heterocycles. The Morgan fingerprint density at radius 3 is 3.00 bits per heavy atom. The Morgan fingerprint density at radius 1 is 1.54 bits per heavy atom. The summed E-state index contributed by atoms with van der Waals surface area (Å²) in [6, 6.07) is 3.84. The van der Waals surface area contributed by atoms with Crippen LogP contribution < -0.4 is 4.74 Å². The lowest BCUT2D eigenvalue weighted by atomic mass is 10.2. The predicted octanol–water partition coefficient (Wildman–Crippen LogP) is 3.22. The highest BCUT2D eigenvalue weighted by Crippen LogP contribution is 2.40. The van der Waals surface area contributed by atoms with Crippen molar-refractivity contribution < 1.29 is 9.84 Å². The first-order valence-corrected chi connectivity index (χ1v) is 5.62. The highest BCUT2D eigenvalue weighted by atomic mass is 127. The minimum atomic E-state index is 0.243. The van der Waals surface area contributed by atoms with Gasteiger partial charge in [0.1, 0.15) is 0 Å². The zero-order valence-electron chi connectivity index (χ0n) is 6.87. The van der Waals surface area contributed by atoms with Gasteiger partial charge in [0, 0.05) is 8.96 Å². The number of ether oxygens (including phenoxy) is 1. The number of hydrogen-bond acceptors (Lipinski definition) is 3. The molecule has 4 heteroatoms. The fourth-order valence-electron chi connectivity index (χ4n) is 1.21. The second-order valence-electron chi connectivity index (χ2n) is 2.57. The van der Waals surface area contributed by atoms with Crippen molar-refractivity contribution in [3.8, 4) is 11.5 Å². The second kappa shape index (κ2) is 3.34. The third kappa shape index (κ3) is 1.38. The van der Waals surface area contributed by atoms with Gasteiger partial charge in [0.05, 0.1) is 11.8 Å². The zero-order chi connectivity index (χ0) is 9.42. The number of phenols is 1. The van der Waals surface area contributed by atoms with E-state index in [1.54, 1.807) is 7.11 Å². The van der Waals surface area contributed by atoms with Crippen molar-refractivity contribution in [1.82, 2.24) is 0 Å². The summed E-state index contributed by atoms with van der Waals surface area (Å²) in [4.78, 5) is 0. The van der Waals surface area contributed by atoms with Gasteiger partial charge in [0.2, 0.25) is 0 Å². The van der Waals surface area contributed by atoms with Gasteiger partial charge in [-0.2, -0.15) is 0 Å². The molecule has 2 nitrogen and oxygen atoms in total. The highest BCUT2D eigenvalue weighted by Gasteiger charge is 2.10. The Balaban J connectivity index is 2.85. The summed E-state index contributed by atoms with van der Waals surface area (Å²) in [6.45, 7) is 0. The topological polar surface area (TPSA) is 29.5 Å². The molecule has 0 bridgehead atoms. The van der Waals surface area contributed by atoms with Crippen LogP contribution in [0.1, 0.15) is 0 Å². The molecule has 13 heavy (non-hydrogen) atoms. The molecule has 0 saturated carbocycles. The normalized spacial score (nSPS) is 10.6. The van der Waals surface area contributed by atoms with E-state index < -0.39 is 0 Å². The lowest BCUT2D eigenvalue weighted by Crippen LogP contribution is -1.84. The molecule has 2 aromatic rings. The summed E-state index contributed by atoms with van der Waals surface area (Å²) in [5.41, 5.74) is 0. The van der Waals surface area contributed by atoms with Gasteiger partial charge < -0.3 is 9.84 Å². The van der Waals surface area contributed by atoms with E-state index >= 15 is 0 Å². The lowest BCUT2D eigenvalue weighted by molar-refractivity contribution is 0.376. The van der Waals surface area contributed by atoms with Crippen molar-refractivity contribution in [2.45, 2.75) is 0 Å². The van der Waals surface area contributed by atoms with Crippen LogP contribution in [0.25, 0.3) is 10.1 Å². The third-order valence-corrected chi connectivity index (χ3v) is 3.66. The minimum absolute atomic E-state index is 0.243. The molecule has 0 spiro atoms. The van der Waals surface area contributed by atoms with Gasteiger partial charge >= 0.3 is 0 Å². The van der Waals surface area contributed by atoms with Crippen molar-refractivity contribution in [3.63, 3.8) is 0 Å². The maximum absolute atomic E-state index is 9.74. The molecule has 0 atom stereocenters. The first kappa shape index (κ1) is 9.08. The zero-order valence-corrected chi connectivity index (χ0v) is 9.85. The van der Waals surface area contributed by atoms with E-state index in [2.05, 4.69) is 22.6 Å². The van der Waals surface area contributed by atoms with E-state index in [4.69, 9.17) is 4.74 Å². The van der Waals surface area contributed by atoms with Gasteiger partial charge in [0.15, 0.2) is 11.5 Å². The van der Waals surface area contributed by atoms with Crippen LogP contribution in [0.3, 0.4) is 0 Å². The van der Waals surface area contributed by atoms with Crippen LogP contribution in [-0.2, 0) is 0 Å². The number of methoxy groups -OCH3 is 1. The molecule has 68 valence electrons. The third-order valence-electron chi connectivity index (χ3n) is 1.85. The number of halogens is 1. The molecule has 1 N–H and O–H groups in total. The number of thiophene rings is 1. The van der Waals surface area contributed by atoms with Crippen molar-refractivity contribution in [3.05, 3.63) is 21.1 Å². The monoisotopic (exact) mass is 306 g/mol. The number of fused-ring (bicyclic) bond motifs is 1. The SMILES string of the molecule is COc1cc(I)c2ccsc2c1O. The molecule has 0 radical (unpaired) electrons. The van der Waals surface area contributed by atoms with E-state index in [-0.39, 0.29) is 5.75 Å². The van der Waals surface area contributed by atoms with Gasteiger partial charge in [-0.25, -0.2) is 0 Å². The standard InChI is InChI=1S/C9H7IO2S/c1-12-7-4-6(10)5-2-3-13-9(5)8(7)11/h2-4,11H,1H3. The molecule has 1 aromatic carbocycles. The number of aromatic hydroxyl groups is 1. The molecule has 2 rings (SSSR count). The van der Waals surface area contributed by atoms with Crippen LogP contribution >= 0.6 is 33.9 Å². The average Bonchev–Trinajstić information content (AvgIpc) is 2.60. The molecule has 1 heterocycles. The Morgan fingerprint density at radius 2 is 2.31 bits per heavy atom. The van der Waals surface area contributed by atoms with Gasteiger partial charge in [-0.15, -0.1) is 11.3 Å². The van der Waals surface area contributed by atoms with Crippen LogP contribution in [0, 0.1) is 3.57 Å². The quantitative estimate of drug-likeness (QED) is 0.820. The fraction of sp³-hybridized carbons (Fsp3) is 0.111. The number of hydrogen-bond donors (Lipinski definition) is 1. The summed E-state index contributed by atoms with van der Waals surface area (Å²) in [6.07, 6.45) is 0. The van der Waals surface area contributed by atoms with Crippen molar-refractivity contribution in [1.29, 1.82) is 0 Å². The Bertz CT molecular complexity index is 450. The Hall–Kier alpha value is -0.490. The van der Waals surface area contributed by atoms with E-state index in [1.807, 2.05) is 17.5 Å². The molecule has 0 aliphatic rings. The van der Waals surface area contributed by atoms with E-state index in [0.717, 1.165) is 13.7 Å². The summed E-state index contributed by atoms with van der Waals surface area (Å²) < 4.78 is 7.05. The molecule has 0 unspecified atom stereocenters. The summed E-state index contributed by atoms with van der Waals surface area (Å²) in [7, 11) is 1.56. The number of phenolic OH excluding ortho intramolecular Hbond substituents is 1. The molecule has 0 aliphatic carbocycles. The lowest BCUT2D eigenvalue weighted by Gasteiger charge is -2.04. The van der Waals surface area contributed by atoms with E-state index in [1.165, 1.54) is 11.3 Å². The van der Waals surface area contributed by atoms with Gasteiger partial charge in [-0.3, -0.25) is 0 Å². The average molecular weight is 306 g/mol. The van der Waals surface area contributed by atoms with Crippen molar-refractivity contribution >= 4 is 44.0 Å². The summed E-state index contributed by atoms with van der Waals surface area (Å²) >= 11 is 3.76. The summed E-state index contributed by atoms with van der Waals surface area (Å²) in [5.74, 6) is 0.785. The van der Waals surface area contributed by atoms with Crippen LogP contribution in [0.4, 0.5) is 0 Å². The molecule has 0 saturated heterocycles. The molecular weight excluding hydrogens is 299 g/mol. The van der Waals surface area contributed by atoms with Crippen LogP contribution in [0.5, 0.6) is 11.5 Å². The highest BCUT2D eigenvalue weighted by molar-refractivity contribution is 14.1. The second-order valence-corrected chi connectivity index (χ2v) is 4.65. The first-order chi connectivity index (χ1) is 6.24. The largest absolute Gasteiger partial charge is 0.503 e. The summed E-state index contributed by atoms with van der Waals surface area (Å²) in [5, 5.41) is 12.8.